The number of aromatic nitrogens is 2. The second-order valence-electron chi connectivity index (χ2n) is 6.86. The number of H-pyrrole nitrogens is 1. The largest absolute Gasteiger partial charge is 0.507 e. The number of aromatic hydroxyl groups is 1. The van der Waals surface area contributed by atoms with Crippen LogP contribution in [0.5, 0.6) is 23.0 Å². The Morgan fingerprint density at radius 1 is 1.08 bits per heavy atom. The van der Waals surface area contributed by atoms with Gasteiger partial charge in [0.25, 0.3) is 0 Å². The number of phenols is 1. The first-order valence-corrected chi connectivity index (χ1v) is 8.68. The predicted octanol–water partition coefficient (Wildman–Crippen LogP) is 5.23. The highest BCUT2D eigenvalue weighted by Gasteiger charge is 2.15. The average molecular weight is 352 g/mol. The van der Waals surface area contributed by atoms with Crippen molar-refractivity contribution in [2.24, 2.45) is 5.92 Å². The third kappa shape index (κ3) is 3.99. The van der Waals surface area contributed by atoms with Crippen LogP contribution in [0, 0.1) is 19.8 Å². The fourth-order valence-corrected chi connectivity index (χ4v) is 2.56. The minimum atomic E-state index is 0.112. The van der Waals surface area contributed by atoms with E-state index in [4.69, 9.17) is 9.47 Å². The fraction of sp³-hybridized carbons (Fsp3) is 0.286. The van der Waals surface area contributed by atoms with Gasteiger partial charge in [-0.05, 0) is 49.1 Å². The van der Waals surface area contributed by atoms with Gasteiger partial charge in [-0.2, -0.15) is 5.10 Å². The van der Waals surface area contributed by atoms with Crippen LogP contribution in [0.15, 0.2) is 42.6 Å². The molecule has 1 heterocycles. The maximum Gasteiger partial charge on any atom is 0.173 e. The van der Waals surface area contributed by atoms with Crippen molar-refractivity contribution in [2.45, 2.75) is 27.7 Å². The number of aryl methyl sites for hydroxylation is 2. The number of aromatic amines is 1. The minimum Gasteiger partial charge on any atom is -0.507 e. The van der Waals surface area contributed by atoms with Gasteiger partial charge in [0.2, 0.25) is 0 Å². The second-order valence-corrected chi connectivity index (χ2v) is 6.86. The maximum atomic E-state index is 10.4. The van der Waals surface area contributed by atoms with E-state index in [0.717, 1.165) is 16.9 Å². The Hall–Kier alpha value is -2.95. The van der Waals surface area contributed by atoms with Gasteiger partial charge >= 0.3 is 0 Å². The van der Waals surface area contributed by atoms with Crippen LogP contribution in [0.1, 0.15) is 25.0 Å². The van der Waals surface area contributed by atoms with Crippen molar-refractivity contribution in [2.75, 3.05) is 6.61 Å². The molecule has 0 bridgehead atoms. The molecule has 3 aromatic rings. The summed E-state index contributed by atoms with van der Waals surface area (Å²) >= 11 is 0. The standard InChI is InChI=1S/C21H24N2O3/c1-13(2)12-25-16-7-8-17(18(24)10-16)21-20(11-22-23-21)26-19-9-14(3)5-6-15(19)4/h5-11,13,24H,12H2,1-4H3,(H,22,23). The van der Waals surface area contributed by atoms with E-state index in [1.54, 1.807) is 18.3 Å². The summed E-state index contributed by atoms with van der Waals surface area (Å²) in [5.74, 6) is 2.49. The molecule has 0 unspecified atom stereocenters. The van der Waals surface area contributed by atoms with Crippen molar-refractivity contribution in [3.05, 3.63) is 53.7 Å². The molecule has 0 atom stereocenters. The van der Waals surface area contributed by atoms with E-state index in [0.29, 0.717) is 35.3 Å². The summed E-state index contributed by atoms with van der Waals surface area (Å²) in [6.45, 7) is 8.77. The van der Waals surface area contributed by atoms with Gasteiger partial charge in [0.05, 0.1) is 12.8 Å². The number of ether oxygens (including phenoxy) is 2. The van der Waals surface area contributed by atoms with Gasteiger partial charge in [0.15, 0.2) is 5.75 Å². The number of benzene rings is 2. The lowest BCUT2D eigenvalue weighted by molar-refractivity contribution is 0.270. The van der Waals surface area contributed by atoms with Gasteiger partial charge in [-0.25, -0.2) is 0 Å². The molecule has 0 radical (unpaired) electrons. The van der Waals surface area contributed by atoms with E-state index in [-0.39, 0.29) is 5.75 Å². The van der Waals surface area contributed by atoms with E-state index in [2.05, 4.69) is 24.0 Å². The summed E-state index contributed by atoms with van der Waals surface area (Å²) in [6, 6.07) is 11.3. The van der Waals surface area contributed by atoms with Crippen LogP contribution in [-0.2, 0) is 0 Å². The van der Waals surface area contributed by atoms with Gasteiger partial charge in [-0.1, -0.05) is 26.0 Å². The highest BCUT2D eigenvalue weighted by molar-refractivity contribution is 5.73. The Kier molecular flexibility index (Phi) is 5.16. The summed E-state index contributed by atoms with van der Waals surface area (Å²) in [7, 11) is 0. The van der Waals surface area contributed by atoms with Gasteiger partial charge in [-0.3, -0.25) is 5.10 Å². The van der Waals surface area contributed by atoms with Crippen LogP contribution >= 0.6 is 0 Å². The maximum absolute atomic E-state index is 10.4. The van der Waals surface area contributed by atoms with Crippen LogP contribution in [0.3, 0.4) is 0 Å². The quantitative estimate of drug-likeness (QED) is 0.638. The lowest BCUT2D eigenvalue weighted by atomic mass is 10.1. The molecule has 3 rings (SSSR count). The number of rotatable bonds is 6. The summed E-state index contributed by atoms with van der Waals surface area (Å²) in [5.41, 5.74) is 3.38. The molecule has 5 heteroatoms. The molecule has 0 saturated carbocycles. The van der Waals surface area contributed by atoms with Crippen molar-refractivity contribution in [3.63, 3.8) is 0 Å². The third-order valence-corrected chi connectivity index (χ3v) is 3.99. The normalized spacial score (nSPS) is 11.0. The number of phenolic OH excluding ortho intramolecular Hbond substituents is 1. The Labute approximate surface area is 153 Å². The molecule has 0 spiro atoms. The van der Waals surface area contributed by atoms with Crippen LogP contribution in [-0.4, -0.2) is 21.9 Å². The molecule has 0 fully saturated rings. The van der Waals surface area contributed by atoms with Crippen LogP contribution in [0.2, 0.25) is 0 Å². The van der Waals surface area contributed by atoms with E-state index in [1.807, 2.05) is 38.1 Å². The van der Waals surface area contributed by atoms with Gasteiger partial charge < -0.3 is 14.6 Å². The molecular weight excluding hydrogens is 328 g/mol. The first kappa shape index (κ1) is 17.9. The Morgan fingerprint density at radius 2 is 1.88 bits per heavy atom. The summed E-state index contributed by atoms with van der Waals surface area (Å²) < 4.78 is 11.7. The molecule has 2 aromatic carbocycles. The molecule has 2 N–H and O–H groups in total. The number of nitrogens with zero attached hydrogens (tertiary/aromatic N) is 1. The monoisotopic (exact) mass is 352 g/mol. The molecule has 26 heavy (non-hydrogen) atoms. The van der Waals surface area contributed by atoms with Crippen molar-refractivity contribution in [1.29, 1.82) is 0 Å². The van der Waals surface area contributed by atoms with E-state index < -0.39 is 0 Å². The fourth-order valence-electron chi connectivity index (χ4n) is 2.56. The Morgan fingerprint density at radius 3 is 2.62 bits per heavy atom. The zero-order valence-electron chi connectivity index (χ0n) is 15.5. The molecule has 5 nitrogen and oxygen atoms in total. The van der Waals surface area contributed by atoms with Crippen molar-refractivity contribution < 1.29 is 14.6 Å². The molecule has 1 aromatic heterocycles. The lowest BCUT2D eigenvalue weighted by Crippen LogP contribution is -2.04. The zero-order chi connectivity index (χ0) is 18.7. The van der Waals surface area contributed by atoms with Gasteiger partial charge in [0.1, 0.15) is 22.9 Å². The zero-order valence-corrected chi connectivity index (χ0v) is 15.5. The first-order valence-electron chi connectivity index (χ1n) is 8.68. The number of hydrogen-bond acceptors (Lipinski definition) is 4. The molecule has 136 valence electrons. The third-order valence-electron chi connectivity index (χ3n) is 3.99. The molecule has 0 aliphatic carbocycles. The number of nitrogens with one attached hydrogen (secondary N) is 1. The van der Waals surface area contributed by atoms with Crippen LogP contribution < -0.4 is 9.47 Å². The Balaban J connectivity index is 1.87. The highest BCUT2D eigenvalue weighted by atomic mass is 16.5. The molecular formula is C21H24N2O3. The Bertz CT molecular complexity index is 900. The summed E-state index contributed by atoms with van der Waals surface area (Å²) in [5, 5.41) is 17.4. The molecule has 0 aliphatic rings. The topological polar surface area (TPSA) is 67.4 Å². The molecule has 0 aliphatic heterocycles. The van der Waals surface area contributed by atoms with Gasteiger partial charge in [0, 0.05) is 11.6 Å². The van der Waals surface area contributed by atoms with E-state index in [9.17, 15) is 5.11 Å². The van der Waals surface area contributed by atoms with Crippen molar-refractivity contribution in [1.82, 2.24) is 10.2 Å². The SMILES string of the molecule is Cc1ccc(C)c(Oc2cn[nH]c2-c2ccc(OCC(C)C)cc2O)c1. The first-order chi connectivity index (χ1) is 12.4. The lowest BCUT2D eigenvalue weighted by Gasteiger charge is -2.12. The molecule has 0 saturated heterocycles. The highest BCUT2D eigenvalue weighted by Crippen LogP contribution is 2.38. The van der Waals surface area contributed by atoms with E-state index in [1.165, 1.54) is 0 Å². The van der Waals surface area contributed by atoms with Crippen LogP contribution in [0.25, 0.3) is 11.3 Å². The van der Waals surface area contributed by atoms with Crippen molar-refractivity contribution in [3.8, 4) is 34.3 Å². The second kappa shape index (κ2) is 7.52. The summed E-state index contributed by atoms with van der Waals surface area (Å²) in [6.07, 6.45) is 1.61. The average Bonchev–Trinajstić information content (AvgIpc) is 3.04. The number of hydrogen-bond donors (Lipinski definition) is 2. The van der Waals surface area contributed by atoms with Crippen molar-refractivity contribution >= 4 is 0 Å². The predicted molar refractivity (Wildman–Crippen MR) is 102 cm³/mol. The smallest absolute Gasteiger partial charge is 0.173 e. The van der Waals surface area contributed by atoms with E-state index >= 15 is 0 Å². The summed E-state index contributed by atoms with van der Waals surface area (Å²) in [4.78, 5) is 0. The minimum absolute atomic E-state index is 0.112. The molecule has 0 amide bonds. The van der Waals surface area contributed by atoms with Crippen LogP contribution in [0.4, 0.5) is 0 Å². The van der Waals surface area contributed by atoms with Gasteiger partial charge in [-0.15, -0.1) is 0 Å².